The van der Waals surface area contributed by atoms with Gasteiger partial charge in [0.1, 0.15) is 11.3 Å². The first-order valence-electron chi connectivity index (χ1n) is 10.7. The highest BCUT2D eigenvalue weighted by Crippen LogP contribution is 2.41. The predicted molar refractivity (Wildman–Crippen MR) is 113 cm³/mol. The number of halogens is 9. The van der Waals surface area contributed by atoms with Crippen LogP contribution in [0.1, 0.15) is 47.4 Å². The van der Waals surface area contributed by atoms with Gasteiger partial charge in [-0.1, -0.05) is 24.3 Å². The minimum atomic E-state index is -4.56. The molecule has 0 saturated carbocycles. The van der Waals surface area contributed by atoms with Crippen molar-refractivity contribution in [2.75, 3.05) is 0 Å². The number of benzene rings is 3. The Kier molecular flexibility index (Phi) is 6.81. The van der Waals surface area contributed by atoms with Crippen molar-refractivity contribution >= 4 is 5.57 Å². The van der Waals surface area contributed by atoms with Crippen LogP contribution in [0.2, 0.25) is 0 Å². The molecule has 3 aromatic rings. The van der Waals surface area contributed by atoms with E-state index in [0.717, 1.165) is 6.07 Å². The van der Waals surface area contributed by atoms with E-state index >= 15 is 0 Å². The van der Waals surface area contributed by atoms with Gasteiger partial charge in [-0.05, 0) is 54.9 Å². The van der Waals surface area contributed by atoms with E-state index in [2.05, 4.69) is 4.74 Å². The first-order valence-corrected chi connectivity index (χ1v) is 10.7. The topological polar surface area (TPSA) is 9.23 Å². The van der Waals surface area contributed by atoms with Crippen LogP contribution in [0.3, 0.4) is 0 Å². The minimum absolute atomic E-state index is 0.135. The summed E-state index contributed by atoms with van der Waals surface area (Å²) in [4.78, 5) is 0. The van der Waals surface area contributed by atoms with Crippen LogP contribution in [0.15, 0.2) is 42.5 Å². The van der Waals surface area contributed by atoms with E-state index in [1.54, 1.807) is 0 Å². The van der Waals surface area contributed by atoms with E-state index in [-0.39, 0.29) is 53.7 Å². The third-order valence-electron chi connectivity index (χ3n) is 6.10. The Balaban J connectivity index is 1.58. The highest BCUT2D eigenvalue weighted by atomic mass is 19.3. The van der Waals surface area contributed by atoms with E-state index in [9.17, 15) is 39.5 Å². The summed E-state index contributed by atoms with van der Waals surface area (Å²) in [7, 11) is 0. The Morgan fingerprint density at radius 3 is 2.06 bits per heavy atom. The van der Waals surface area contributed by atoms with E-state index in [1.165, 1.54) is 25.1 Å². The van der Waals surface area contributed by atoms with Crippen LogP contribution in [-0.2, 0) is 6.11 Å². The molecule has 1 nitrogen and oxygen atoms in total. The molecule has 0 saturated heterocycles. The Morgan fingerprint density at radius 2 is 1.44 bits per heavy atom. The predicted octanol–water partition coefficient (Wildman–Crippen LogP) is 8.45. The van der Waals surface area contributed by atoms with Gasteiger partial charge in [0, 0.05) is 17.7 Å². The maximum Gasteiger partial charge on any atom is 0.429 e. The molecule has 0 bridgehead atoms. The molecule has 1 aliphatic rings. The van der Waals surface area contributed by atoms with Crippen molar-refractivity contribution in [3.05, 3.63) is 105 Å². The molecular weight excluding hydrogens is 499 g/mol. The first-order chi connectivity index (χ1) is 16.9. The van der Waals surface area contributed by atoms with E-state index in [0.29, 0.717) is 6.07 Å². The molecule has 10 heteroatoms. The molecule has 36 heavy (non-hydrogen) atoms. The number of alkyl halides is 2. The summed E-state index contributed by atoms with van der Waals surface area (Å²) in [6.07, 6.45) is -2.47. The van der Waals surface area contributed by atoms with Crippen LogP contribution in [0.4, 0.5) is 39.5 Å². The number of hydrogen-bond acceptors (Lipinski definition) is 1. The second-order valence-electron chi connectivity index (χ2n) is 8.41. The van der Waals surface area contributed by atoms with E-state index in [1.807, 2.05) is 0 Å². The Bertz CT molecular complexity index is 1340. The average Bonchev–Trinajstić information content (AvgIpc) is 2.82. The normalized spacial score (nSPS) is 16.2. The highest BCUT2D eigenvalue weighted by Gasteiger charge is 2.40. The summed E-state index contributed by atoms with van der Waals surface area (Å²) in [6.45, 7) is 1.42. The number of aryl methyl sites for hydroxylation is 1. The smallest absolute Gasteiger partial charge is 0.429 e. The molecule has 0 fully saturated rings. The van der Waals surface area contributed by atoms with Gasteiger partial charge in [-0.3, -0.25) is 0 Å². The van der Waals surface area contributed by atoms with Crippen molar-refractivity contribution in [1.82, 2.24) is 0 Å². The SMILES string of the molecule is Cc1ccc(C2CC=C(c3ccc(C(F)(F)Oc4cc(F)c(F)c(F)c4)c(F)c3F)CC2)c(F)c1F. The van der Waals surface area contributed by atoms with Gasteiger partial charge in [0.05, 0.1) is 0 Å². The molecule has 1 aliphatic carbocycles. The van der Waals surface area contributed by atoms with Crippen LogP contribution >= 0.6 is 0 Å². The van der Waals surface area contributed by atoms with Crippen LogP contribution in [0.25, 0.3) is 5.57 Å². The second kappa shape index (κ2) is 9.55. The zero-order chi connectivity index (χ0) is 26.4. The molecular formula is C26H17F9O. The Morgan fingerprint density at radius 1 is 0.778 bits per heavy atom. The Hall–Kier alpha value is -3.43. The van der Waals surface area contributed by atoms with Crippen molar-refractivity contribution in [2.45, 2.75) is 38.2 Å². The molecule has 190 valence electrons. The fourth-order valence-corrected chi connectivity index (χ4v) is 4.15. The number of ether oxygens (including phenoxy) is 1. The standard InChI is InChI=1S/C26H17F9O/c1-12-2-7-16(22(30)21(12)29)13-3-5-14(6-4-13)17-8-9-18(24(32)23(17)31)26(34,35)36-15-10-19(27)25(33)20(28)11-15/h2,5,7-11,13H,3-4,6H2,1H3. The molecule has 0 N–H and O–H groups in total. The molecule has 0 heterocycles. The van der Waals surface area contributed by atoms with Gasteiger partial charge in [0.25, 0.3) is 0 Å². The molecule has 1 atom stereocenters. The fourth-order valence-electron chi connectivity index (χ4n) is 4.15. The van der Waals surface area contributed by atoms with Crippen molar-refractivity contribution < 1.29 is 44.3 Å². The number of allylic oxidation sites excluding steroid dienone is 2. The van der Waals surface area contributed by atoms with E-state index < -0.39 is 64.1 Å². The zero-order valence-electron chi connectivity index (χ0n) is 18.6. The molecule has 0 spiro atoms. The molecule has 1 unspecified atom stereocenters. The van der Waals surface area contributed by atoms with E-state index in [4.69, 9.17) is 0 Å². The van der Waals surface area contributed by atoms with Gasteiger partial charge in [-0.25, -0.2) is 30.7 Å². The van der Waals surface area contributed by atoms with Gasteiger partial charge in [0.15, 0.2) is 40.7 Å². The maximum atomic E-state index is 14.8. The first kappa shape index (κ1) is 25.7. The minimum Gasteiger partial charge on any atom is -0.429 e. The monoisotopic (exact) mass is 516 g/mol. The quantitative estimate of drug-likeness (QED) is 0.244. The lowest BCUT2D eigenvalue weighted by molar-refractivity contribution is -0.188. The van der Waals surface area contributed by atoms with Crippen LogP contribution in [-0.4, -0.2) is 0 Å². The van der Waals surface area contributed by atoms with Crippen molar-refractivity contribution in [2.24, 2.45) is 0 Å². The zero-order valence-corrected chi connectivity index (χ0v) is 18.6. The van der Waals surface area contributed by atoms with Gasteiger partial charge in [0.2, 0.25) is 0 Å². The summed E-state index contributed by atoms with van der Waals surface area (Å²) in [5.41, 5.74) is -1.26. The molecule has 3 aromatic carbocycles. The molecule has 0 aliphatic heterocycles. The molecule has 0 aromatic heterocycles. The second-order valence-corrected chi connectivity index (χ2v) is 8.41. The number of rotatable bonds is 5. The summed E-state index contributed by atoms with van der Waals surface area (Å²) >= 11 is 0. The summed E-state index contributed by atoms with van der Waals surface area (Å²) < 4.78 is 130. The van der Waals surface area contributed by atoms with Gasteiger partial charge < -0.3 is 4.74 Å². The summed E-state index contributed by atoms with van der Waals surface area (Å²) in [5.74, 6) is -12.6. The lowest BCUT2D eigenvalue weighted by Gasteiger charge is -2.24. The van der Waals surface area contributed by atoms with Gasteiger partial charge in [-0.2, -0.15) is 8.78 Å². The summed E-state index contributed by atoms with van der Waals surface area (Å²) in [6, 6.07) is 4.65. The van der Waals surface area contributed by atoms with Crippen molar-refractivity contribution in [3.8, 4) is 5.75 Å². The highest BCUT2D eigenvalue weighted by molar-refractivity contribution is 5.67. The largest absolute Gasteiger partial charge is 0.429 e. The Labute approximate surface area is 199 Å². The molecule has 0 amide bonds. The molecule has 0 radical (unpaired) electrons. The van der Waals surface area contributed by atoms with Crippen molar-refractivity contribution in [1.29, 1.82) is 0 Å². The fraction of sp³-hybridized carbons (Fsp3) is 0.231. The van der Waals surface area contributed by atoms with Crippen LogP contribution < -0.4 is 4.74 Å². The molecule has 4 rings (SSSR count). The van der Waals surface area contributed by atoms with Crippen molar-refractivity contribution in [3.63, 3.8) is 0 Å². The third kappa shape index (κ3) is 4.68. The number of hydrogen-bond donors (Lipinski definition) is 0. The van der Waals surface area contributed by atoms with Gasteiger partial charge >= 0.3 is 6.11 Å². The van der Waals surface area contributed by atoms with Crippen LogP contribution in [0, 0.1) is 47.6 Å². The third-order valence-corrected chi connectivity index (χ3v) is 6.10. The average molecular weight is 516 g/mol. The summed E-state index contributed by atoms with van der Waals surface area (Å²) in [5, 5.41) is 0. The van der Waals surface area contributed by atoms with Gasteiger partial charge in [-0.15, -0.1) is 0 Å². The lowest BCUT2D eigenvalue weighted by atomic mass is 9.82. The van der Waals surface area contributed by atoms with Crippen LogP contribution in [0.5, 0.6) is 5.75 Å². The maximum absolute atomic E-state index is 14.8. The lowest BCUT2D eigenvalue weighted by Crippen LogP contribution is -2.24.